The first-order valence-corrected chi connectivity index (χ1v) is 9.02. The number of rotatable bonds is 4. The molecule has 0 aliphatic carbocycles. The zero-order valence-electron chi connectivity index (χ0n) is 13.2. The van der Waals surface area contributed by atoms with Crippen molar-refractivity contribution in [1.82, 2.24) is 9.38 Å². The molecule has 25 heavy (non-hydrogen) atoms. The second-order valence-electron chi connectivity index (χ2n) is 5.49. The molecule has 3 heterocycles. The van der Waals surface area contributed by atoms with Gasteiger partial charge in [0.05, 0.1) is 4.88 Å². The maximum absolute atomic E-state index is 6.28. The summed E-state index contributed by atoms with van der Waals surface area (Å²) in [6, 6.07) is 15.7. The Morgan fingerprint density at radius 3 is 2.84 bits per heavy atom. The van der Waals surface area contributed by atoms with Crippen molar-refractivity contribution in [2.45, 2.75) is 6.54 Å². The van der Waals surface area contributed by atoms with Gasteiger partial charge in [-0.2, -0.15) is 0 Å². The molecule has 0 saturated heterocycles. The molecular weight excluding hydrogens is 350 g/mol. The van der Waals surface area contributed by atoms with Gasteiger partial charge in [0.1, 0.15) is 17.2 Å². The maximum Gasteiger partial charge on any atom is 0.140 e. The summed E-state index contributed by atoms with van der Waals surface area (Å²) in [4.78, 5) is 5.77. The molecule has 3 nitrogen and oxygen atoms in total. The average Bonchev–Trinajstić information content (AvgIpc) is 3.25. The van der Waals surface area contributed by atoms with E-state index in [2.05, 4.69) is 11.2 Å². The van der Waals surface area contributed by atoms with Gasteiger partial charge in [0.15, 0.2) is 0 Å². The van der Waals surface area contributed by atoms with Gasteiger partial charge in [-0.25, -0.2) is 4.98 Å². The Morgan fingerprint density at radius 2 is 2.00 bits per heavy atom. The molecule has 4 aromatic rings. The molecule has 4 rings (SSSR count). The fourth-order valence-electron chi connectivity index (χ4n) is 2.75. The van der Waals surface area contributed by atoms with Crippen LogP contribution >= 0.6 is 22.9 Å². The van der Waals surface area contributed by atoms with Crippen molar-refractivity contribution < 1.29 is 0 Å². The molecule has 0 aliphatic rings. The van der Waals surface area contributed by atoms with Crippen molar-refractivity contribution in [1.29, 1.82) is 0 Å². The van der Waals surface area contributed by atoms with Gasteiger partial charge in [0, 0.05) is 23.3 Å². The molecular formula is C20H14ClN3S. The van der Waals surface area contributed by atoms with E-state index in [1.54, 1.807) is 11.3 Å². The lowest BCUT2D eigenvalue weighted by Gasteiger charge is -2.09. The minimum absolute atomic E-state index is 0.603. The van der Waals surface area contributed by atoms with Gasteiger partial charge >= 0.3 is 0 Å². The van der Waals surface area contributed by atoms with Crippen LogP contribution in [0.3, 0.4) is 0 Å². The van der Waals surface area contributed by atoms with E-state index in [-0.39, 0.29) is 0 Å². The quantitative estimate of drug-likeness (QED) is 0.498. The van der Waals surface area contributed by atoms with E-state index < -0.39 is 0 Å². The van der Waals surface area contributed by atoms with Crippen molar-refractivity contribution in [3.63, 3.8) is 0 Å². The topological polar surface area (TPSA) is 29.3 Å². The van der Waals surface area contributed by atoms with E-state index in [1.807, 2.05) is 64.5 Å². The Kier molecular flexibility index (Phi) is 4.19. The molecule has 0 saturated carbocycles. The highest BCUT2D eigenvalue weighted by molar-refractivity contribution is 7.13. The summed E-state index contributed by atoms with van der Waals surface area (Å²) < 4.78 is 2.03. The van der Waals surface area contributed by atoms with Crippen LogP contribution in [0.25, 0.3) is 16.2 Å². The standard InChI is InChI=1S/C20H14ClN3S/c1-2-14-10-12-25-19(14)18-20(24-11-6-5-9-17(24)23-18)22-13-15-7-3-4-8-16(15)21/h1,3-12,22H,13H2. The average molecular weight is 364 g/mol. The van der Waals surface area contributed by atoms with Gasteiger partial charge in [-0.3, -0.25) is 4.40 Å². The third kappa shape index (κ3) is 2.89. The molecule has 0 radical (unpaired) electrons. The van der Waals surface area contributed by atoms with Crippen molar-refractivity contribution in [3.05, 3.63) is 76.3 Å². The fourth-order valence-corrected chi connectivity index (χ4v) is 3.80. The molecule has 0 unspecified atom stereocenters. The first kappa shape index (κ1) is 15.8. The molecule has 122 valence electrons. The van der Waals surface area contributed by atoms with Crippen LogP contribution in [0.4, 0.5) is 5.82 Å². The van der Waals surface area contributed by atoms with Gasteiger partial charge in [0.2, 0.25) is 0 Å². The zero-order chi connectivity index (χ0) is 17.2. The molecule has 1 N–H and O–H groups in total. The highest BCUT2D eigenvalue weighted by Crippen LogP contribution is 2.35. The molecule has 0 fully saturated rings. The molecule has 5 heteroatoms. The lowest BCUT2D eigenvalue weighted by atomic mass is 10.2. The number of hydrogen-bond donors (Lipinski definition) is 1. The van der Waals surface area contributed by atoms with E-state index >= 15 is 0 Å². The summed E-state index contributed by atoms with van der Waals surface area (Å²) in [5.74, 6) is 3.65. The van der Waals surface area contributed by atoms with E-state index in [9.17, 15) is 0 Å². The summed E-state index contributed by atoms with van der Waals surface area (Å²) in [6.07, 6.45) is 7.64. The molecule has 1 aromatic carbocycles. The largest absolute Gasteiger partial charge is 0.365 e. The van der Waals surface area contributed by atoms with Crippen LogP contribution in [0.1, 0.15) is 11.1 Å². The SMILES string of the molecule is C#Cc1ccsc1-c1nc2ccccn2c1NCc1ccccc1Cl. The molecule has 0 atom stereocenters. The highest BCUT2D eigenvalue weighted by atomic mass is 35.5. The van der Waals surface area contributed by atoms with Crippen LogP contribution in [0.15, 0.2) is 60.1 Å². The van der Waals surface area contributed by atoms with Crippen molar-refractivity contribution in [2.75, 3.05) is 5.32 Å². The third-order valence-corrected chi connectivity index (χ3v) is 5.26. The monoisotopic (exact) mass is 363 g/mol. The first-order chi connectivity index (χ1) is 12.3. The number of benzene rings is 1. The second-order valence-corrected chi connectivity index (χ2v) is 6.81. The third-order valence-electron chi connectivity index (χ3n) is 3.97. The van der Waals surface area contributed by atoms with Crippen LogP contribution < -0.4 is 5.32 Å². The molecule has 0 spiro atoms. The Hall–Kier alpha value is -2.74. The number of imidazole rings is 1. The second kappa shape index (κ2) is 6.64. The van der Waals surface area contributed by atoms with Crippen molar-refractivity contribution in [3.8, 4) is 22.9 Å². The number of nitrogens with zero attached hydrogens (tertiary/aromatic N) is 2. The van der Waals surface area contributed by atoms with Crippen LogP contribution in [-0.2, 0) is 6.54 Å². The molecule has 0 amide bonds. The number of terminal acetylenes is 1. The lowest BCUT2D eigenvalue weighted by Crippen LogP contribution is -2.03. The lowest BCUT2D eigenvalue weighted by molar-refractivity contribution is 1.08. The maximum atomic E-state index is 6.28. The normalized spacial score (nSPS) is 10.7. The smallest absolute Gasteiger partial charge is 0.140 e. The van der Waals surface area contributed by atoms with Gasteiger partial charge in [0.25, 0.3) is 0 Å². The summed E-state index contributed by atoms with van der Waals surface area (Å²) in [7, 11) is 0. The molecule has 0 bridgehead atoms. The Labute approximate surface area is 154 Å². The van der Waals surface area contributed by atoms with Crippen LogP contribution in [-0.4, -0.2) is 9.38 Å². The molecule has 3 aromatic heterocycles. The van der Waals surface area contributed by atoms with E-state index in [1.165, 1.54) is 0 Å². The van der Waals surface area contributed by atoms with Gasteiger partial charge < -0.3 is 5.32 Å². The first-order valence-electron chi connectivity index (χ1n) is 7.77. The van der Waals surface area contributed by atoms with Crippen LogP contribution in [0.5, 0.6) is 0 Å². The minimum Gasteiger partial charge on any atom is -0.365 e. The van der Waals surface area contributed by atoms with Crippen molar-refractivity contribution >= 4 is 34.4 Å². The van der Waals surface area contributed by atoms with Crippen LogP contribution in [0.2, 0.25) is 5.02 Å². The summed E-state index contributed by atoms with van der Waals surface area (Å²) in [5, 5.41) is 6.22. The fraction of sp³-hybridized carbons (Fsp3) is 0.0500. The summed E-state index contributed by atoms with van der Waals surface area (Å²) >= 11 is 7.88. The molecule has 0 aliphatic heterocycles. The number of fused-ring (bicyclic) bond motifs is 1. The Bertz CT molecular complexity index is 1090. The van der Waals surface area contributed by atoms with Gasteiger partial charge in [-0.15, -0.1) is 17.8 Å². The van der Waals surface area contributed by atoms with E-state index in [0.717, 1.165) is 38.2 Å². The Balaban J connectivity index is 1.80. The van der Waals surface area contributed by atoms with Gasteiger partial charge in [-0.05, 0) is 35.2 Å². The summed E-state index contributed by atoms with van der Waals surface area (Å²) in [6.45, 7) is 0.603. The summed E-state index contributed by atoms with van der Waals surface area (Å²) in [5.41, 5.74) is 3.62. The number of anilines is 1. The Morgan fingerprint density at radius 1 is 1.16 bits per heavy atom. The number of pyridine rings is 1. The van der Waals surface area contributed by atoms with E-state index in [4.69, 9.17) is 23.0 Å². The number of thiophene rings is 1. The minimum atomic E-state index is 0.603. The van der Waals surface area contributed by atoms with E-state index in [0.29, 0.717) is 6.54 Å². The number of aromatic nitrogens is 2. The van der Waals surface area contributed by atoms with Gasteiger partial charge in [-0.1, -0.05) is 41.8 Å². The van der Waals surface area contributed by atoms with Crippen LogP contribution in [0, 0.1) is 12.3 Å². The number of nitrogens with one attached hydrogen (secondary N) is 1. The predicted octanol–water partition coefficient (Wildman–Crippen LogP) is 5.31. The highest BCUT2D eigenvalue weighted by Gasteiger charge is 2.17. The predicted molar refractivity (Wildman–Crippen MR) is 105 cm³/mol. The number of halogens is 1. The number of hydrogen-bond acceptors (Lipinski definition) is 3. The van der Waals surface area contributed by atoms with Crippen molar-refractivity contribution in [2.24, 2.45) is 0 Å². The zero-order valence-corrected chi connectivity index (χ0v) is 14.8.